The lowest BCUT2D eigenvalue weighted by molar-refractivity contribution is -0.385. The van der Waals surface area contributed by atoms with E-state index in [2.05, 4.69) is 36.8 Å². The molecule has 0 aromatic carbocycles. The van der Waals surface area contributed by atoms with Crippen LogP contribution in [0.1, 0.15) is 0 Å². The molecule has 0 aliphatic rings. The number of pyridine rings is 1. The van der Waals surface area contributed by atoms with Crippen LogP contribution in [-0.2, 0) is 0 Å². The largest absolute Gasteiger partial charge is 0.378 e. The van der Waals surface area contributed by atoms with Crippen molar-refractivity contribution in [3.05, 3.63) is 25.3 Å². The van der Waals surface area contributed by atoms with Gasteiger partial charge in [0.1, 0.15) is 4.47 Å². The van der Waals surface area contributed by atoms with E-state index in [0.29, 0.717) is 8.95 Å². The summed E-state index contributed by atoms with van der Waals surface area (Å²) in [6, 6.07) is 0. The summed E-state index contributed by atoms with van der Waals surface area (Å²) in [5.41, 5.74) is 5.07. The summed E-state index contributed by atoms with van der Waals surface area (Å²) in [5.74, 6) is -0.102. The Morgan fingerprint density at radius 2 is 2.17 bits per heavy atom. The van der Waals surface area contributed by atoms with E-state index in [1.807, 2.05) is 0 Å². The van der Waals surface area contributed by atoms with Gasteiger partial charge in [-0.1, -0.05) is 0 Å². The average molecular weight is 297 g/mol. The Bertz CT molecular complexity index is 342. The summed E-state index contributed by atoms with van der Waals surface area (Å²) < 4.78 is 0.809. The third kappa shape index (κ3) is 1.56. The summed E-state index contributed by atoms with van der Waals surface area (Å²) in [5, 5.41) is 10.4. The highest BCUT2D eigenvalue weighted by Gasteiger charge is 2.19. The van der Waals surface area contributed by atoms with Gasteiger partial charge in [-0.3, -0.25) is 10.1 Å². The average Bonchev–Trinajstić information content (AvgIpc) is 1.97. The SMILES string of the molecule is Nc1ncc(Br)c(Br)c1[N+](=O)[O-]. The molecule has 0 saturated heterocycles. The van der Waals surface area contributed by atoms with E-state index in [-0.39, 0.29) is 11.5 Å². The summed E-state index contributed by atoms with van der Waals surface area (Å²) in [4.78, 5) is 13.5. The zero-order valence-corrected chi connectivity index (χ0v) is 8.79. The minimum Gasteiger partial charge on any atom is -0.378 e. The third-order valence-corrected chi connectivity index (χ3v) is 3.10. The Kier molecular flexibility index (Phi) is 2.63. The number of nitrogens with two attached hydrogens (primary N) is 1. The van der Waals surface area contributed by atoms with Crippen molar-refractivity contribution in [2.45, 2.75) is 0 Å². The molecule has 64 valence electrons. The molecule has 1 aromatic heterocycles. The number of nitro groups is 1. The minimum atomic E-state index is -0.586. The van der Waals surface area contributed by atoms with Crippen LogP contribution >= 0.6 is 31.9 Å². The van der Waals surface area contributed by atoms with Gasteiger partial charge in [0.05, 0.1) is 9.40 Å². The normalized spacial score (nSPS) is 9.83. The molecule has 0 fully saturated rings. The van der Waals surface area contributed by atoms with Gasteiger partial charge in [0.15, 0.2) is 0 Å². The van der Waals surface area contributed by atoms with Crippen molar-refractivity contribution < 1.29 is 4.92 Å². The Morgan fingerprint density at radius 3 is 2.58 bits per heavy atom. The van der Waals surface area contributed by atoms with Gasteiger partial charge in [0.2, 0.25) is 5.82 Å². The first-order chi connectivity index (χ1) is 5.54. The fraction of sp³-hybridized carbons (Fsp3) is 0. The predicted octanol–water partition coefficient (Wildman–Crippen LogP) is 2.10. The highest BCUT2D eigenvalue weighted by Crippen LogP contribution is 2.34. The molecule has 0 atom stereocenters. The van der Waals surface area contributed by atoms with Gasteiger partial charge in [0, 0.05) is 6.20 Å². The standard InChI is InChI=1S/C5H3Br2N3O2/c6-2-1-9-5(8)4(3(2)7)10(11)12/h1H,(H2,8,9). The van der Waals surface area contributed by atoms with Gasteiger partial charge in [-0.15, -0.1) is 0 Å². The molecule has 0 saturated carbocycles. The first-order valence-corrected chi connectivity index (χ1v) is 4.36. The smallest absolute Gasteiger partial charge is 0.326 e. The molecule has 0 amide bonds. The summed E-state index contributed by atoms with van der Waals surface area (Å²) in [6.45, 7) is 0. The second-order valence-corrected chi connectivity index (χ2v) is 3.56. The molecule has 12 heavy (non-hydrogen) atoms. The maximum Gasteiger partial charge on any atom is 0.326 e. The summed E-state index contributed by atoms with van der Waals surface area (Å²) in [6.07, 6.45) is 1.40. The fourth-order valence-electron chi connectivity index (χ4n) is 0.643. The lowest BCUT2D eigenvalue weighted by Gasteiger charge is -1.99. The van der Waals surface area contributed by atoms with Crippen LogP contribution < -0.4 is 5.73 Å². The molecule has 0 aliphatic heterocycles. The highest BCUT2D eigenvalue weighted by atomic mass is 79.9. The van der Waals surface area contributed by atoms with Crippen molar-refractivity contribution in [2.75, 3.05) is 5.73 Å². The van der Waals surface area contributed by atoms with E-state index in [1.165, 1.54) is 6.20 Å². The van der Waals surface area contributed by atoms with Crippen molar-refractivity contribution in [1.82, 2.24) is 4.98 Å². The summed E-state index contributed by atoms with van der Waals surface area (Å²) >= 11 is 6.10. The Balaban J connectivity index is 3.43. The Hall–Kier alpha value is -0.690. The molecular formula is C5H3Br2N3O2. The topological polar surface area (TPSA) is 82.0 Å². The van der Waals surface area contributed by atoms with Crippen LogP contribution in [0.25, 0.3) is 0 Å². The van der Waals surface area contributed by atoms with Gasteiger partial charge < -0.3 is 5.73 Å². The molecule has 0 radical (unpaired) electrons. The number of anilines is 1. The fourth-order valence-corrected chi connectivity index (χ4v) is 1.38. The molecule has 0 bridgehead atoms. The van der Waals surface area contributed by atoms with E-state index in [9.17, 15) is 10.1 Å². The summed E-state index contributed by atoms with van der Waals surface area (Å²) in [7, 11) is 0. The predicted molar refractivity (Wildman–Crippen MR) is 50.7 cm³/mol. The molecule has 5 nitrogen and oxygen atoms in total. The first kappa shape index (κ1) is 9.40. The molecule has 7 heteroatoms. The van der Waals surface area contributed by atoms with Gasteiger partial charge in [0.25, 0.3) is 0 Å². The van der Waals surface area contributed by atoms with Crippen LogP contribution in [0.15, 0.2) is 15.1 Å². The number of aromatic nitrogens is 1. The second-order valence-electron chi connectivity index (χ2n) is 1.91. The highest BCUT2D eigenvalue weighted by molar-refractivity contribution is 9.13. The number of hydrogen-bond acceptors (Lipinski definition) is 4. The number of nitrogen functional groups attached to an aromatic ring is 1. The van der Waals surface area contributed by atoms with E-state index in [0.717, 1.165) is 0 Å². The van der Waals surface area contributed by atoms with E-state index < -0.39 is 4.92 Å². The minimum absolute atomic E-state index is 0.102. The van der Waals surface area contributed by atoms with Gasteiger partial charge in [-0.05, 0) is 31.9 Å². The van der Waals surface area contributed by atoms with Crippen molar-refractivity contribution in [2.24, 2.45) is 0 Å². The molecule has 1 aromatic rings. The lowest BCUT2D eigenvalue weighted by Crippen LogP contribution is -1.99. The molecule has 0 spiro atoms. The van der Waals surface area contributed by atoms with Crippen LogP contribution in [0.5, 0.6) is 0 Å². The van der Waals surface area contributed by atoms with Crippen LogP contribution in [0, 0.1) is 10.1 Å². The van der Waals surface area contributed by atoms with Crippen LogP contribution in [0.2, 0.25) is 0 Å². The van der Waals surface area contributed by atoms with Crippen molar-refractivity contribution in [1.29, 1.82) is 0 Å². The van der Waals surface area contributed by atoms with Crippen molar-refractivity contribution >= 4 is 43.4 Å². The first-order valence-electron chi connectivity index (χ1n) is 2.78. The van der Waals surface area contributed by atoms with Crippen molar-refractivity contribution in [3.63, 3.8) is 0 Å². The van der Waals surface area contributed by atoms with E-state index in [1.54, 1.807) is 0 Å². The zero-order valence-electron chi connectivity index (χ0n) is 5.62. The van der Waals surface area contributed by atoms with Crippen molar-refractivity contribution in [3.8, 4) is 0 Å². The molecule has 2 N–H and O–H groups in total. The van der Waals surface area contributed by atoms with Crippen LogP contribution in [0.3, 0.4) is 0 Å². The Labute approximate surface area is 84.4 Å². The Morgan fingerprint density at radius 1 is 1.58 bits per heavy atom. The monoisotopic (exact) mass is 295 g/mol. The number of hydrogen-bond donors (Lipinski definition) is 1. The quantitative estimate of drug-likeness (QED) is 0.635. The number of halogens is 2. The van der Waals surface area contributed by atoms with Gasteiger partial charge >= 0.3 is 5.69 Å². The van der Waals surface area contributed by atoms with E-state index >= 15 is 0 Å². The van der Waals surface area contributed by atoms with Gasteiger partial charge in [-0.25, -0.2) is 4.98 Å². The second kappa shape index (κ2) is 3.36. The third-order valence-electron chi connectivity index (χ3n) is 1.16. The number of nitrogens with zero attached hydrogens (tertiary/aromatic N) is 2. The number of rotatable bonds is 1. The maximum atomic E-state index is 10.4. The lowest BCUT2D eigenvalue weighted by atomic mass is 10.4. The molecule has 1 heterocycles. The molecule has 0 unspecified atom stereocenters. The van der Waals surface area contributed by atoms with Gasteiger partial charge in [-0.2, -0.15) is 0 Å². The molecule has 1 rings (SSSR count). The van der Waals surface area contributed by atoms with Crippen LogP contribution in [0.4, 0.5) is 11.5 Å². The zero-order chi connectivity index (χ0) is 9.30. The molecular weight excluding hydrogens is 294 g/mol. The maximum absolute atomic E-state index is 10.4. The molecule has 0 aliphatic carbocycles. The van der Waals surface area contributed by atoms with E-state index in [4.69, 9.17) is 5.73 Å². The van der Waals surface area contributed by atoms with Crippen LogP contribution in [-0.4, -0.2) is 9.91 Å².